The number of carbonyl (C=O) groups excluding carboxylic acids is 1. The zero-order valence-electron chi connectivity index (χ0n) is 18.8. The quantitative estimate of drug-likeness (QED) is 0.458. The molecule has 0 bridgehead atoms. The number of hydrogen-bond acceptors (Lipinski definition) is 6. The van der Waals surface area contributed by atoms with E-state index in [1.807, 2.05) is 42.5 Å². The van der Waals surface area contributed by atoms with Crippen molar-refractivity contribution in [2.24, 2.45) is 0 Å². The van der Waals surface area contributed by atoms with Crippen molar-refractivity contribution in [3.8, 4) is 0 Å². The lowest BCUT2D eigenvalue weighted by Gasteiger charge is -2.36. The zero-order valence-corrected chi connectivity index (χ0v) is 18.8. The SMILES string of the molecule is O=C(Cc1ccccc1)NCCn1ncc2c(N3CCN(c4ccc(F)cc4)CC3)ncnc21. The molecule has 4 aromatic rings. The summed E-state index contributed by atoms with van der Waals surface area (Å²) >= 11 is 0. The minimum atomic E-state index is -0.224. The van der Waals surface area contributed by atoms with Crippen LogP contribution in [-0.2, 0) is 17.8 Å². The van der Waals surface area contributed by atoms with Gasteiger partial charge in [-0.3, -0.25) is 4.79 Å². The molecular formula is C25H26FN7O. The monoisotopic (exact) mass is 459 g/mol. The fourth-order valence-electron chi connectivity index (χ4n) is 4.27. The molecule has 3 heterocycles. The Kier molecular flexibility index (Phi) is 6.33. The van der Waals surface area contributed by atoms with E-state index in [4.69, 9.17) is 0 Å². The first-order valence-electron chi connectivity index (χ1n) is 11.4. The van der Waals surface area contributed by atoms with Gasteiger partial charge in [-0.1, -0.05) is 30.3 Å². The van der Waals surface area contributed by atoms with E-state index in [0.717, 1.165) is 54.3 Å². The van der Waals surface area contributed by atoms with E-state index in [-0.39, 0.29) is 11.7 Å². The Morgan fingerprint density at radius 1 is 0.941 bits per heavy atom. The van der Waals surface area contributed by atoms with Crippen LogP contribution in [-0.4, -0.2) is 58.4 Å². The van der Waals surface area contributed by atoms with Gasteiger partial charge in [0.15, 0.2) is 5.65 Å². The first kappa shape index (κ1) is 21.8. The first-order chi connectivity index (χ1) is 16.7. The standard InChI is InChI=1S/C25H26FN7O/c26-20-6-8-21(9-7-20)31-12-14-32(15-13-31)24-22-17-30-33(25(22)29-18-28-24)11-10-27-23(34)16-19-4-2-1-3-5-19/h1-9,17-18H,10-16H2,(H,27,34). The Balaban J connectivity index is 1.20. The molecular weight excluding hydrogens is 433 g/mol. The zero-order chi connectivity index (χ0) is 23.3. The normalized spacial score (nSPS) is 13.9. The molecule has 0 atom stereocenters. The van der Waals surface area contributed by atoms with Gasteiger partial charge in [0.25, 0.3) is 0 Å². The maximum absolute atomic E-state index is 13.2. The van der Waals surface area contributed by atoms with Crippen LogP contribution in [0.25, 0.3) is 11.0 Å². The third-order valence-electron chi connectivity index (χ3n) is 6.04. The molecule has 0 radical (unpaired) electrons. The lowest BCUT2D eigenvalue weighted by atomic mass is 10.1. The van der Waals surface area contributed by atoms with Gasteiger partial charge in [-0.05, 0) is 29.8 Å². The first-order valence-corrected chi connectivity index (χ1v) is 11.4. The molecule has 1 aliphatic rings. The van der Waals surface area contributed by atoms with Crippen LogP contribution < -0.4 is 15.1 Å². The van der Waals surface area contributed by atoms with Gasteiger partial charge in [0.2, 0.25) is 5.91 Å². The number of rotatable bonds is 7. The Labute approximate surface area is 197 Å². The van der Waals surface area contributed by atoms with Gasteiger partial charge in [0, 0.05) is 38.4 Å². The number of amides is 1. The highest BCUT2D eigenvalue weighted by molar-refractivity contribution is 5.86. The van der Waals surface area contributed by atoms with Crippen molar-refractivity contribution in [1.29, 1.82) is 0 Å². The number of nitrogens with zero attached hydrogens (tertiary/aromatic N) is 6. The van der Waals surface area contributed by atoms with E-state index in [0.29, 0.717) is 19.5 Å². The fraction of sp³-hybridized carbons (Fsp3) is 0.280. The van der Waals surface area contributed by atoms with E-state index in [1.165, 1.54) is 12.1 Å². The highest BCUT2D eigenvalue weighted by Crippen LogP contribution is 2.25. The van der Waals surface area contributed by atoms with Crippen LogP contribution >= 0.6 is 0 Å². The molecule has 1 N–H and O–H groups in total. The summed E-state index contributed by atoms with van der Waals surface area (Å²) in [5, 5.41) is 8.34. The molecule has 8 nitrogen and oxygen atoms in total. The maximum atomic E-state index is 13.2. The summed E-state index contributed by atoms with van der Waals surface area (Å²) in [7, 11) is 0. The van der Waals surface area contributed by atoms with E-state index in [2.05, 4.69) is 30.2 Å². The molecule has 174 valence electrons. The smallest absolute Gasteiger partial charge is 0.224 e. The minimum absolute atomic E-state index is 0.0167. The number of anilines is 2. The molecule has 0 saturated carbocycles. The highest BCUT2D eigenvalue weighted by atomic mass is 19.1. The average molecular weight is 460 g/mol. The van der Waals surface area contributed by atoms with E-state index < -0.39 is 0 Å². The van der Waals surface area contributed by atoms with E-state index >= 15 is 0 Å². The number of carbonyl (C=O) groups is 1. The second-order valence-corrected chi connectivity index (χ2v) is 8.27. The number of halogens is 1. The van der Waals surface area contributed by atoms with Crippen molar-refractivity contribution < 1.29 is 9.18 Å². The van der Waals surface area contributed by atoms with Gasteiger partial charge in [0.1, 0.15) is 18.0 Å². The molecule has 2 aromatic carbocycles. The molecule has 1 aliphatic heterocycles. The van der Waals surface area contributed by atoms with Crippen molar-refractivity contribution >= 4 is 28.4 Å². The Morgan fingerprint density at radius 2 is 1.68 bits per heavy atom. The van der Waals surface area contributed by atoms with Crippen LogP contribution in [0.15, 0.2) is 67.1 Å². The summed E-state index contributed by atoms with van der Waals surface area (Å²) in [6.07, 6.45) is 3.72. The molecule has 1 amide bonds. The summed E-state index contributed by atoms with van der Waals surface area (Å²) in [4.78, 5) is 25.7. The molecule has 1 fully saturated rings. The predicted octanol–water partition coefficient (Wildman–Crippen LogP) is 2.65. The molecule has 0 unspecified atom stereocenters. The number of benzene rings is 2. The summed E-state index contributed by atoms with van der Waals surface area (Å²) in [5.74, 6) is 0.624. The van der Waals surface area contributed by atoms with Gasteiger partial charge in [0.05, 0.1) is 24.5 Å². The van der Waals surface area contributed by atoms with Crippen LogP contribution in [0.4, 0.5) is 15.9 Å². The summed E-state index contributed by atoms with van der Waals surface area (Å²) in [5.41, 5.74) is 2.76. The molecule has 9 heteroatoms. The summed E-state index contributed by atoms with van der Waals surface area (Å²) in [6, 6.07) is 16.3. The van der Waals surface area contributed by atoms with Gasteiger partial charge in [-0.25, -0.2) is 19.0 Å². The Morgan fingerprint density at radius 3 is 2.44 bits per heavy atom. The molecule has 0 spiro atoms. The van der Waals surface area contributed by atoms with Gasteiger partial charge in [-0.15, -0.1) is 0 Å². The van der Waals surface area contributed by atoms with Crippen molar-refractivity contribution in [2.45, 2.75) is 13.0 Å². The third kappa shape index (κ3) is 4.83. The van der Waals surface area contributed by atoms with Crippen molar-refractivity contribution in [1.82, 2.24) is 25.1 Å². The molecule has 34 heavy (non-hydrogen) atoms. The lowest BCUT2D eigenvalue weighted by molar-refractivity contribution is -0.120. The topological polar surface area (TPSA) is 79.2 Å². The largest absolute Gasteiger partial charge is 0.368 e. The minimum Gasteiger partial charge on any atom is -0.368 e. The lowest BCUT2D eigenvalue weighted by Crippen LogP contribution is -2.46. The highest BCUT2D eigenvalue weighted by Gasteiger charge is 2.21. The van der Waals surface area contributed by atoms with Gasteiger partial charge in [-0.2, -0.15) is 5.10 Å². The number of nitrogens with one attached hydrogen (secondary N) is 1. The Hall–Kier alpha value is -4.01. The molecule has 2 aromatic heterocycles. The van der Waals surface area contributed by atoms with Crippen LogP contribution in [0.5, 0.6) is 0 Å². The third-order valence-corrected chi connectivity index (χ3v) is 6.04. The second kappa shape index (κ2) is 9.86. The average Bonchev–Trinajstić information content (AvgIpc) is 3.28. The Bertz CT molecular complexity index is 1250. The molecule has 0 aliphatic carbocycles. The van der Waals surface area contributed by atoms with E-state index in [9.17, 15) is 9.18 Å². The van der Waals surface area contributed by atoms with Crippen molar-refractivity contribution in [3.05, 3.63) is 78.5 Å². The second-order valence-electron chi connectivity index (χ2n) is 8.27. The van der Waals surface area contributed by atoms with Crippen LogP contribution in [0.3, 0.4) is 0 Å². The molecule has 1 saturated heterocycles. The predicted molar refractivity (Wildman–Crippen MR) is 129 cm³/mol. The molecule has 5 rings (SSSR count). The van der Waals surface area contributed by atoms with Crippen LogP contribution in [0.1, 0.15) is 5.56 Å². The van der Waals surface area contributed by atoms with Crippen molar-refractivity contribution in [2.75, 3.05) is 42.5 Å². The van der Waals surface area contributed by atoms with Crippen LogP contribution in [0, 0.1) is 5.82 Å². The van der Waals surface area contributed by atoms with Gasteiger partial charge >= 0.3 is 0 Å². The van der Waals surface area contributed by atoms with Gasteiger partial charge < -0.3 is 15.1 Å². The summed E-state index contributed by atoms with van der Waals surface area (Å²) in [6.45, 7) is 4.23. The van der Waals surface area contributed by atoms with E-state index in [1.54, 1.807) is 17.2 Å². The van der Waals surface area contributed by atoms with Crippen LogP contribution in [0.2, 0.25) is 0 Å². The maximum Gasteiger partial charge on any atom is 0.224 e. The fourth-order valence-corrected chi connectivity index (χ4v) is 4.27. The number of hydrogen-bond donors (Lipinski definition) is 1. The summed E-state index contributed by atoms with van der Waals surface area (Å²) < 4.78 is 15.0. The van der Waals surface area contributed by atoms with Crippen molar-refractivity contribution in [3.63, 3.8) is 0 Å². The number of piperazine rings is 1. The number of fused-ring (bicyclic) bond motifs is 1. The number of aromatic nitrogens is 4.